The lowest BCUT2D eigenvalue weighted by atomic mass is 9.94. The number of benzene rings is 4. The largest absolute Gasteiger partial charge is 0.0722 e. The van der Waals surface area contributed by atoms with Gasteiger partial charge < -0.3 is 0 Å². The maximum atomic E-state index is 2.64. The zero-order valence-electron chi connectivity index (χ0n) is 22.9. The monoisotopic (exact) mass is 496 g/mol. The second kappa shape index (κ2) is 8.85. The molecule has 0 N–H and O–H groups in total. The van der Waals surface area contributed by atoms with Crippen molar-refractivity contribution in [3.8, 4) is 22.3 Å². The highest BCUT2D eigenvalue weighted by molar-refractivity contribution is 6.82. The highest BCUT2D eigenvalue weighted by Gasteiger charge is 2.48. The summed E-state index contributed by atoms with van der Waals surface area (Å²) in [4.78, 5) is 0. The molecule has 0 spiro atoms. The number of hydrogen-bond donors (Lipinski definition) is 0. The Labute approximate surface area is 223 Å². The Morgan fingerprint density at radius 2 is 0.919 bits per heavy atom. The zero-order chi connectivity index (χ0) is 25.9. The third kappa shape index (κ3) is 3.88. The molecule has 0 aromatic heterocycles. The van der Waals surface area contributed by atoms with Gasteiger partial charge in [-0.25, -0.2) is 0 Å². The third-order valence-corrected chi connectivity index (χ3v) is 13.1. The van der Waals surface area contributed by atoms with E-state index >= 15 is 0 Å². The highest BCUT2D eigenvalue weighted by Crippen LogP contribution is 2.55. The highest BCUT2D eigenvalue weighted by atomic mass is 28.3. The molecule has 0 amide bonds. The third-order valence-electron chi connectivity index (χ3n) is 8.68. The van der Waals surface area contributed by atoms with E-state index in [-0.39, 0.29) is 0 Å². The first kappa shape index (κ1) is 23.9. The molecule has 4 aromatic rings. The molecule has 0 fully saturated rings. The van der Waals surface area contributed by atoms with E-state index < -0.39 is 8.07 Å². The van der Waals surface area contributed by atoms with E-state index in [1.165, 1.54) is 55.7 Å². The van der Waals surface area contributed by atoms with Crippen molar-refractivity contribution in [2.45, 2.75) is 51.9 Å². The standard InChI is InChI=1S/C36H36Si/c1-23-11-7-13-27(19-23)31-17-9-15-29-21-25(3)35(33(29)31)37(5,6)36-26(4)22-30-16-10-18-32(34(30)36)28-14-8-12-24(2)20-28/h7-22,35-36H,1-6H3. The van der Waals surface area contributed by atoms with Gasteiger partial charge in [0, 0.05) is 11.1 Å². The summed E-state index contributed by atoms with van der Waals surface area (Å²) in [6, 6.07) is 31.9. The van der Waals surface area contributed by atoms with Crippen molar-refractivity contribution < 1.29 is 0 Å². The minimum atomic E-state index is -1.96. The van der Waals surface area contributed by atoms with Crippen LogP contribution in [0.25, 0.3) is 34.4 Å². The van der Waals surface area contributed by atoms with Gasteiger partial charge in [0.05, 0.1) is 8.07 Å². The van der Waals surface area contributed by atoms with Gasteiger partial charge in [0.1, 0.15) is 0 Å². The smallest absolute Gasteiger partial charge is 0.0679 e. The van der Waals surface area contributed by atoms with Crippen molar-refractivity contribution in [3.05, 3.63) is 129 Å². The van der Waals surface area contributed by atoms with Gasteiger partial charge in [-0.1, -0.05) is 132 Å². The van der Waals surface area contributed by atoms with E-state index in [2.05, 4.69) is 138 Å². The van der Waals surface area contributed by atoms with Gasteiger partial charge in [-0.2, -0.15) is 0 Å². The topological polar surface area (TPSA) is 0 Å². The molecule has 184 valence electrons. The van der Waals surface area contributed by atoms with E-state index in [0.29, 0.717) is 11.1 Å². The van der Waals surface area contributed by atoms with Crippen LogP contribution in [0, 0.1) is 13.8 Å². The fourth-order valence-corrected chi connectivity index (χ4v) is 12.4. The molecule has 1 heteroatoms. The van der Waals surface area contributed by atoms with Crippen LogP contribution in [-0.4, -0.2) is 8.07 Å². The van der Waals surface area contributed by atoms with Crippen LogP contribution >= 0.6 is 0 Å². The van der Waals surface area contributed by atoms with E-state index in [9.17, 15) is 0 Å². The molecule has 0 nitrogen and oxygen atoms in total. The molecule has 37 heavy (non-hydrogen) atoms. The minimum absolute atomic E-state index is 0.476. The zero-order valence-corrected chi connectivity index (χ0v) is 23.9. The van der Waals surface area contributed by atoms with Crippen LogP contribution in [0.1, 0.15) is 58.3 Å². The van der Waals surface area contributed by atoms with Gasteiger partial charge in [-0.3, -0.25) is 0 Å². The Morgan fingerprint density at radius 1 is 0.514 bits per heavy atom. The van der Waals surface area contributed by atoms with Crippen LogP contribution in [0.3, 0.4) is 0 Å². The maximum absolute atomic E-state index is 2.64. The Balaban J connectivity index is 1.53. The molecule has 2 unspecified atom stereocenters. The average Bonchev–Trinajstić information content (AvgIpc) is 3.39. The van der Waals surface area contributed by atoms with Crippen LogP contribution in [0.5, 0.6) is 0 Å². The van der Waals surface area contributed by atoms with Gasteiger partial charge in [0.2, 0.25) is 0 Å². The van der Waals surface area contributed by atoms with Crippen molar-refractivity contribution in [1.82, 2.24) is 0 Å². The lowest BCUT2D eigenvalue weighted by Crippen LogP contribution is -2.42. The van der Waals surface area contributed by atoms with Crippen LogP contribution in [0.4, 0.5) is 0 Å². The summed E-state index contributed by atoms with van der Waals surface area (Å²) in [7, 11) is -1.96. The Bertz CT molecular complexity index is 1480. The van der Waals surface area contributed by atoms with Crippen molar-refractivity contribution in [2.75, 3.05) is 0 Å². The molecule has 0 heterocycles. The van der Waals surface area contributed by atoms with Gasteiger partial charge in [-0.15, -0.1) is 0 Å². The molecule has 4 aromatic carbocycles. The molecular formula is C36H36Si. The van der Waals surface area contributed by atoms with Crippen LogP contribution in [0.2, 0.25) is 13.1 Å². The minimum Gasteiger partial charge on any atom is -0.0679 e. The SMILES string of the molecule is CC1=Cc2cccc(-c3cccc(C)c3)c2C1[Si](C)(C)C1C(C)=Cc2cccc(-c3cccc(C)c3)c21. The van der Waals surface area contributed by atoms with E-state index in [1.54, 1.807) is 11.1 Å². The van der Waals surface area contributed by atoms with Crippen LogP contribution in [0.15, 0.2) is 96.1 Å². The quantitative estimate of drug-likeness (QED) is 0.247. The summed E-state index contributed by atoms with van der Waals surface area (Å²) in [6.45, 7) is 14.4. The van der Waals surface area contributed by atoms with Crippen LogP contribution < -0.4 is 0 Å². The van der Waals surface area contributed by atoms with E-state index in [0.717, 1.165) is 0 Å². The van der Waals surface area contributed by atoms with Gasteiger partial charge in [0.15, 0.2) is 0 Å². The number of aryl methyl sites for hydroxylation is 2. The summed E-state index contributed by atoms with van der Waals surface area (Å²) in [5, 5.41) is 0. The fourth-order valence-electron chi connectivity index (χ4n) is 7.39. The second-order valence-electron chi connectivity index (χ2n) is 11.8. The predicted molar refractivity (Wildman–Crippen MR) is 163 cm³/mol. The lowest BCUT2D eigenvalue weighted by Gasteiger charge is -2.40. The molecule has 2 atom stereocenters. The number of fused-ring (bicyclic) bond motifs is 2. The number of allylic oxidation sites excluding steroid dienone is 2. The van der Waals surface area contributed by atoms with E-state index in [1.807, 2.05) is 0 Å². The predicted octanol–water partition coefficient (Wildman–Crippen LogP) is 10.1. The van der Waals surface area contributed by atoms with E-state index in [4.69, 9.17) is 0 Å². The Hall–Kier alpha value is -3.42. The van der Waals surface area contributed by atoms with Gasteiger partial charge in [0.25, 0.3) is 0 Å². The van der Waals surface area contributed by atoms with Gasteiger partial charge >= 0.3 is 0 Å². The average molecular weight is 497 g/mol. The Morgan fingerprint density at radius 3 is 1.32 bits per heavy atom. The number of hydrogen-bond acceptors (Lipinski definition) is 0. The summed E-state index contributed by atoms with van der Waals surface area (Å²) in [5.41, 5.74) is 18.1. The van der Waals surface area contributed by atoms with Crippen molar-refractivity contribution in [1.29, 1.82) is 0 Å². The molecule has 0 radical (unpaired) electrons. The molecule has 0 aliphatic heterocycles. The lowest BCUT2D eigenvalue weighted by molar-refractivity contribution is 0.970. The first-order valence-electron chi connectivity index (χ1n) is 13.5. The summed E-state index contributed by atoms with van der Waals surface area (Å²) < 4.78 is 0. The van der Waals surface area contributed by atoms with Crippen LogP contribution in [-0.2, 0) is 0 Å². The first-order chi connectivity index (χ1) is 17.8. The first-order valence-corrected chi connectivity index (χ1v) is 16.7. The maximum Gasteiger partial charge on any atom is 0.0722 e. The normalized spacial score (nSPS) is 18.3. The second-order valence-corrected chi connectivity index (χ2v) is 16.6. The van der Waals surface area contributed by atoms with Gasteiger partial charge in [-0.05, 0) is 72.2 Å². The Kier molecular flexibility index (Phi) is 5.73. The summed E-state index contributed by atoms with van der Waals surface area (Å²) in [5.74, 6) is 0. The molecule has 6 rings (SSSR count). The van der Waals surface area contributed by atoms with Crippen molar-refractivity contribution in [3.63, 3.8) is 0 Å². The molecule has 0 saturated carbocycles. The number of rotatable bonds is 4. The molecule has 0 bridgehead atoms. The fraction of sp³-hybridized carbons (Fsp3) is 0.222. The van der Waals surface area contributed by atoms with Crippen molar-refractivity contribution in [2.24, 2.45) is 0 Å². The molecular weight excluding hydrogens is 460 g/mol. The molecule has 2 aliphatic carbocycles. The molecule has 2 aliphatic rings. The van der Waals surface area contributed by atoms with Crippen molar-refractivity contribution >= 4 is 20.2 Å². The molecule has 0 saturated heterocycles. The summed E-state index contributed by atoms with van der Waals surface area (Å²) >= 11 is 0. The summed E-state index contributed by atoms with van der Waals surface area (Å²) in [6.07, 6.45) is 4.94.